The van der Waals surface area contributed by atoms with Crippen molar-refractivity contribution in [3.8, 4) is 0 Å². The van der Waals surface area contributed by atoms with Crippen LogP contribution in [0.15, 0.2) is 22.6 Å². The van der Waals surface area contributed by atoms with Gasteiger partial charge in [-0.1, -0.05) is 6.07 Å². The highest BCUT2D eigenvalue weighted by atomic mass is 16.5. The lowest BCUT2D eigenvalue weighted by atomic mass is 9.70. The maximum atomic E-state index is 6.44. The molecule has 2 fully saturated rings. The van der Waals surface area contributed by atoms with Crippen LogP contribution in [0.25, 0.3) is 11.1 Å². The largest absolute Gasteiger partial charge is 0.441 e. The fraction of sp³-hybridized carbons (Fsp3) is 0.500. The van der Waals surface area contributed by atoms with Gasteiger partial charge in [-0.15, -0.1) is 0 Å². The molecular formula is C14H16N2O2. The van der Waals surface area contributed by atoms with E-state index < -0.39 is 0 Å². The van der Waals surface area contributed by atoms with Crippen molar-refractivity contribution in [3.63, 3.8) is 0 Å². The molecule has 1 aromatic carbocycles. The Bertz CT molecular complexity index is 624. The molecule has 1 aliphatic carbocycles. The second-order valence-corrected chi connectivity index (χ2v) is 5.65. The number of rotatable bonds is 2. The fourth-order valence-electron chi connectivity index (χ4n) is 3.00. The minimum Gasteiger partial charge on any atom is -0.441 e. The summed E-state index contributed by atoms with van der Waals surface area (Å²) in [5.41, 5.74) is 9.35. The summed E-state index contributed by atoms with van der Waals surface area (Å²) in [6.45, 7) is 3.32. The Balaban J connectivity index is 1.86. The first-order chi connectivity index (χ1) is 8.63. The van der Waals surface area contributed by atoms with E-state index in [4.69, 9.17) is 14.9 Å². The molecule has 4 heteroatoms. The van der Waals surface area contributed by atoms with E-state index in [1.54, 1.807) is 0 Å². The predicted octanol–water partition coefficient (Wildman–Crippen LogP) is 1.90. The standard InChI is InChI=1S/C14H16N2O2/c1-9-16-11-3-2-10(6-12(11)18-9)13(7-17-8-13)14(15)4-5-14/h2-3,6H,4-5,7-8,15H2,1H3. The van der Waals surface area contributed by atoms with E-state index in [2.05, 4.69) is 17.1 Å². The number of nitrogens with two attached hydrogens (primary N) is 1. The number of aryl methyl sites for hydroxylation is 1. The van der Waals surface area contributed by atoms with Gasteiger partial charge in [-0.25, -0.2) is 4.98 Å². The molecule has 4 rings (SSSR count). The molecule has 0 radical (unpaired) electrons. The van der Waals surface area contributed by atoms with Crippen molar-refractivity contribution in [3.05, 3.63) is 29.7 Å². The molecule has 2 heterocycles. The quantitative estimate of drug-likeness (QED) is 0.876. The normalized spacial score (nSPS) is 23.9. The van der Waals surface area contributed by atoms with Crippen LogP contribution in [0.5, 0.6) is 0 Å². The van der Waals surface area contributed by atoms with Gasteiger partial charge in [0.25, 0.3) is 0 Å². The van der Waals surface area contributed by atoms with Gasteiger partial charge in [0.1, 0.15) is 5.52 Å². The summed E-state index contributed by atoms with van der Waals surface area (Å²) in [7, 11) is 0. The van der Waals surface area contributed by atoms with Gasteiger partial charge < -0.3 is 14.9 Å². The van der Waals surface area contributed by atoms with Gasteiger partial charge in [-0.3, -0.25) is 0 Å². The van der Waals surface area contributed by atoms with Crippen molar-refractivity contribution >= 4 is 11.1 Å². The van der Waals surface area contributed by atoms with E-state index in [0.717, 1.165) is 37.2 Å². The number of aromatic nitrogens is 1. The third-order valence-electron chi connectivity index (χ3n) is 4.49. The van der Waals surface area contributed by atoms with Crippen LogP contribution in [-0.4, -0.2) is 23.7 Å². The lowest BCUT2D eigenvalue weighted by Crippen LogP contribution is -2.60. The average molecular weight is 244 g/mol. The fourth-order valence-corrected chi connectivity index (χ4v) is 3.00. The van der Waals surface area contributed by atoms with Crippen LogP contribution in [0.4, 0.5) is 0 Å². The molecule has 1 aliphatic heterocycles. The minimum absolute atomic E-state index is 0.0120. The molecule has 1 saturated carbocycles. The summed E-state index contributed by atoms with van der Waals surface area (Å²) in [6.07, 6.45) is 2.17. The zero-order valence-electron chi connectivity index (χ0n) is 10.4. The van der Waals surface area contributed by atoms with Crippen molar-refractivity contribution in [2.75, 3.05) is 13.2 Å². The molecule has 0 atom stereocenters. The van der Waals surface area contributed by atoms with Crippen LogP contribution >= 0.6 is 0 Å². The molecule has 18 heavy (non-hydrogen) atoms. The van der Waals surface area contributed by atoms with Crippen LogP contribution in [0.3, 0.4) is 0 Å². The monoisotopic (exact) mass is 244 g/mol. The highest BCUT2D eigenvalue weighted by Gasteiger charge is 2.61. The molecule has 1 saturated heterocycles. The zero-order valence-corrected chi connectivity index (χ0v) is 10.4. The van der Waals surface area contributed by atoms with Crippen LogP contribution in [0.1, 0.15) is 24.3 Å². The topological polar surface area (TPSA) is 61.3 Å². The van der Waals surface area contributed by atoms with Crippen molar-refractivity contribution < 1.29 is 9.15 Å². The Morgan fingerprint density at radius 3 is 2.67 bits per heavy atom. The van der Waals surface area contributed by atoms with E-state index in [9.17, 15) is 0 Å². The molecule has 94 valence electrons. The van der Waals surface area contributed by atoms with Gasteiger partial charge in [0.2, 0.25) is 0 Å². The number of oxazole rings is 1. The summed E-state index contributed by atoms with van der Waals surface area (Å²) in [6, 6.07) is 6.23. The van der Waals surface area contributed by atoms with E-state index in [1.807, 2.05) is 13.0 Å². The number of ether oxygens (including phenoxy) is 1. The van der Waals surface area contributed by atoms with E-state index in [0.29, 0.717) is 5.89 Å². The van der Waals surface area contributed by atoms with Crippen LogP contribution in [-0.2, 0) is 10.2 Å². The summed E-state index contributed by atoms with van der Waals surface area (Å²) in [5.74, 6) is 0.704. The highest BCUT2D eigenvalue weighted by Crippen LogP contribution is 2.53. The first-order valence-corrected chi connectivity index (χ1v) is 6.37. The number of hydrogen-bond acceptors (Lipinski definition) is 4. The lowest BCUT2D eigenvalue weighted by molar-refractivity contribution is -0.0785. The molecule has 0 spiro atoms. The SMILES string of the molecule is Cc1nc2ccc(C3(C4(N)CC4)COC3)cc2o1. The third-order valence-corrected chi connectivity index (χ3v) is 4.49. The third kappa shape index (κ3) is 1.19. The molecule has 0 unspecified atom stereocenters. The van der Waals surface area contributed by atoms with Crippen LogP contribution in [0.2, 0.25) is 0 Å². The molecule has 0 amide bonds. The van der Waals surface area contributed by atoms with Crippen molar-refractivity contribution in [1.29, 1.82) is 0 Å². The molecule has 4 nitrogen and oxygen atoms in total. The van der Waals surface area contributed by atoms with Gasteiger partial charge in [0.15, 0.2) is 11.5 Å². The Morgan fingerprint density at radius 2 is 2.06 bits per heavy atom. The summed E-state index contributed by atoms with van der Waals surface area (Å²) >= 11 is 0. The van der Waals surface area contributed by atoms with Crippen molar-refractivity contribution in [2.45, 2.75) is 30.7 Å². The van der Waals surface area contributed by atoms with Gasteiger partial charge in [-0.05, 0) is 30.5 Å². The zero-order chi connectivity index (χ0) is 12.4. The second kappa shape index (κ2) is 3.13. The molecule has 2 aromatic rings. The molecule has 2 aliphatic rings. The molecule has 1 aromatic heterocycles. The smallest absolute Gasteiger partial charge is 0.192 e. The molecule has 2 N–H and O–H groups in total. The summed E-state index contributed by atoms with van der Waals surface area (Å²) in [4.78, 5) is 4.33. The summed E-state index contributed by atoms with van der Waals surface area (Å²) < 4.78 is 11.1. The van der Waals surface area contributed by atoms with E-state index >= 15 is 0 Å². The first kappa shape index (κ1) is 10.5. The van der Waals surface area contributed by atoms with Gasteiger partial charge >= 0.3 is 0 Å². The van der Waals surface area contributed by atoms with Crippen molar-refractivity contribution in [1.82, 2.24) is 4.98 Å². The average Bonchev–Trinajstić information content (AvgIpc) is 2.88. The van der Waals surface area contributed by atoms with Crippen LogP contribution in [0, 0.1) is 6.92 Å². The van der Waals surface area contributed by atoms with Gasteiger partial charge in [0, 0.05) is 12.5 Å². The number of fused-ring (bicyclic) bond motifs is 1. The first-order valence-electron chi connectivity index (χ1n) is 6.37. The van der Waals surface area contributed by atoms with Crippen LogP contribution < -0.4 is 5.73 Å². The Labute approximate surface area is 105 Å². The molecule has 0 bridgehead atoms. The summed E-state index contributed by atoms with van der Waals surface area (Å²) in [5, 5.41) is 0. The maximum Gasteiger partial charge on any atom is 0.192 e. The minimum atomic E-state index is -0.0754. The lowest BCUT2D eigenvalue weighted by Gasteiger charge is -2.46. The predicted molar refractivity (Wildman–Crippen MR) is 67.4 cm³/mol. The highest BCUT2D eigenvalue weighted by molar-refractivity contribution is 5.74. The van der Waals surface area contributed by atoms with Gasteiger partial charge in [0.05, 0.1) is 18.6 Å². The van der Waals surface area contributed by atoms with E-state index in [1.165, 1.54) is 5.56 Å². The Morgan fingerprint density at radius 1 is 1.28 bits per heavy atom. The number of hydrogen-bond donors (Lipinski definition) is 1. The van der Waals surface area contributed by atoms with Crippen molar-refractivity contribution in [2.24, 2.45) is 5.73 Å². The Hall–Kier alpha value is -1.39. The maximum absolute atomic E-state index is 6.44. The number of benzene rings is 1. The Kier molecular flexibility index (Phi) is 1.83. The van der Waals surface area contributed by atoms with Gasteiger partial charge in [-0.2, -0.15) is 0 Å². The molecular weight excluding hydrogens is 228 g/mol. The number of nitrogens with zero attached hydrogens (tertiary/aromatic N) is 1. The second-order valence-electron chi connectivity index (χ2n) is 5.65. The van der Waals surface area contributed by atoms with E-state index in [-0.39, 0.29) is 11.0 Å².